The number of ketones is 1. The molecule has 1 amide bonds. The highest BCUT2D eigenvalue weighted by atomic mass is 35.5. The minimum Gasteiger partial charge on any atom is -0.507 e. The predicted molar refractivity (Wildman–Crippen MR) is 158 cm³/mol. The van der Waals surface area contributed by atoms with Crippen LogP contribution in [0.4, 0.5) is 13.2 Å². The van der Waals surface area contributed by atoms with Gasteiger partial charge in [-0.25, -0.2) is 0 Å². The van der Waals surface area contributed by atoms with E-state index in [1.54, 1.807) is 6.07 Å². The van der Waals surface area contributed by atoms with Crippen molar-refractivity contribution in [3.63, 3.8) is 0 Å². The average Bonchev–Trinajstić information content (AvgIpc) is 3.83. The lowest BCUT2D eigenvalue weighted by Gasteiger charge is -2.30. The molecule has 230 valence electrons. The van der Waals surface area contributed by atoms with Gasteiger partial charge in [-0.2, -0.15) is 18.4 Å². The van der Waals surface area contributed by atoms with Gasteiger partial charge in [-0.3, -0.25) is 19.3 Å². The van der Waals surface area contributed by atoms with Gasteiger partial charge >= 0.3 is 6.18 Å². The first-order valence-corrected chi connectivity index (χ1v) is 14.7. The first kappa shape index (κ1) is 31.6. The van der Waals surface area contributed by atoms with Gasteiger partial charge in [-0.1, -0.05) is 23.2 Å². The molecule has 3 N–H and O–H groups in total. The smallest absolute Gasteiger partial charge is 0.416 e. The number of nitriles is 1. The first-order valence-electron chi connectivity index (χ1n) is 13.9. The Bertz CT molecular complexity index is 1720. The van der Waals surface area contributed by atoms with Crippen LogP contribution in [0.2, 0.25) is 10.0 Å². The number of pyridine rings is 1. The number of nitrogens with one attached hydrogen (secondary N) is 2. The van der Waals surface area contributed by atoms with E-state index in [1.165, 1.54) is 18.2 Å². The third kappa shape index (κ3) is 6.93. The molecule has 2 aliphatic rings. The van der Waals surface area contributed by atoms with E-state index in [4.69, 9.17) is 23.2 Å². The molecule has 1 aliphatic heterocycles. The predicted octanol–water partition coefficient (Wildman–Crippen LogP) is 5.92. The zero-order valence-electron chi connectivity index (χ0n) is 23.2. The molecule has 2 fully saturated rings. The van der Waals surface area contributed by atoms with Crippen LogP contribution in [0.1, 0.15) is 42.4 Å². The fraction of sp³-hybridized carbons (Fsp3) is 0.355. The molecule has 2 aromatic carbocycles. The Morgan fingerprint density at radius 1 is 1.02 bits per heavy atom. The number of phenolic OH excluding ortho intramolecular Hbond substituents is 1. The van der Waals surface area contributed by atoms with Crippen LogP contribution in [0, 0.1) is 23.2 Å². The van der Waals surface area contributed by atoms with Crippen LogP contribution in [-0.4, -0.2) is 46.3 Å². The number of phenols is 1. The molecule has 5 rings (SSSR count). The maximum atomic E-state index is 13.4. The molecule has 0 radical (unpaired) electrons. The Hall–Kier alpha value is -3.85. The number of benzene rings is 2. The number of H-pyrrole nitrogens is 1. The molecule has 3 aromatic rings. The number of hydrogen-bond donors (Lipinski definition) is 3. The van der Waals surface area contributed by atoms with Crippen molar-refractivity contribution in [1.29, 1.82) is 5.26 Å². The van der Waals surface area contributed by atoms with Gasteiger partial charge in [0.15, 0.2) is 0 Å². The maximum absolute atomic E-state index is 13.4. The highest BCUT2D eigenvalue weighted by Crippen LogP contribution is 2.40. The Morgan fingerprint density at radius 2 is 1.73 bits per heavy atom. The summed E-state index contributed by atoms with van der Waals surface area (Å²) in [5.41, 5.74) is -2.52. The van der Waals surface area contributed by atoms with Gasteiger partial charge in [-0.05, 0) is 75.2 Å². The largest absolute Gasteiger partial charge is 0.507 e. The van der Waals surface area contributed by atoms with Gasteiger partial charge in [0.1, 0.15) is 23.2 Å². The van der Waals surface area contributed by atoms with Crippen LogP contribution >= 0.6 is 23.2 Å². The number of aromatic nitrogens is 1. The van der Waals surface area contributed by atoms with Gasteiger partial charge in [0.05, 0.1) is 17.8 Å². The minimum absolute atomic E-state index is 0.0290. The molecule has 1 aromatic heterocycles. The molecule has 0 atom stereocenters. The molecule has 0 spiro atoms. The fourth-order valence-electron chi connectivity index (χ4n) is 5.37. The quantitative estimate of drug-likeness (QED) is 0.279. The number of rotatable bonds is 8. The highest BCUT2D eigenvalue weighted by molar-refractivity contribution is 6.33. The lowest BCUT2D eigenvalue weighted by Crippen LogP contribution is -2.42. The number of halogens is 5. The lowest BCUT2D eigenvalue weighted by molar-refractivity contribution is -0.137. The Balaban J connectivity index is 1.37. The van der Waals surface area contributed by atoms with Gasteiger partial charge in [0.25, 0.3) is 5.56 Å². The van der Waals surface area contributed by atoms with Crippen molar-refractivity contribution >= 4 is 34.9 Å². The number of amides is 1. The number of alkyl halides is 3. The van der Waals surface area contributed by atoms with E-state index >= 15 is 0 Å². The van der Waals surface area contributed by atoms with Crippen molar-refractivity contribution in [2.45, 2.75) is 38.4 Å². The zero-order valence-corrected chi connectivity index (χ0v) is 24.7. The van der Waals surface area contributed by atoms with Gasteiger partial charge in [0, 0.05) is 50.7 Å². The van der Waals surface area contributed by atoms with Crippen molar-refractivity contribution in [2.24, 2.45) is 11.8 Å². The van der Waals surface area contributed by atoms with Gasteiger partial charge in [-0.15, -0.1) is 0 Å². The molecule has 0 unspecified atom stereocenters. The van der Waals surface area contributed by atoms with Crippen molar-refractivity contribution in [3.05, 3.63) is 73.5 Å². The number of carbonyl (C=O) groups excluding carboxylic acids is 2. The number of Topliss-reactive ketones (excluding diaryl/α,β-unsaturated/α-hetero) is 1. The van der Waals surface area contributed by atoms with Crippen LogP contribution in [0.3, 0.4) is 0 Å². The van der Waals surface area contributed by atoms with E-state index in [0.717, 1.165) is 31.0 Å². The third-order valence-electron chi connectivity index (χ3n) is 8.00. The lowest BCUT2D eigenvalue weighted by atomic mass is 9.95. The van der Waals surface area contributed by atoms with Crippen LogP contribution in [0.15, 0.2) is 41.2 Å². The number of piperidine rings is 1. The molecule has 0 bridgehead atoms. The summed E-state index contributed by atoms with van der Waals surface area (Å²) in [7, 11) is 0. The molecule has 2 heterocycles. The molecule has 44 heavy (non-hydrogen) atoms. The second kappa shape index (κ2) is 12.6. The molecule has 1 aliphatic carbocycles. The second-order valence-corrected chi connectivity index (χ2v) is 11.9. The summed E-state index contributed by atoms with van der Waals surface area (Å²) in [6, 6.07) is 8.30. The maximum Gasteiger partial charge on any atom is 0.416 e. The molecule has 8 nitrogen and oxygen atoms in total. The Morgan fingerprint density at radius 3 is 2.36 bits per heavy atom. The molecular weight excluding hydrogens is 620 g/mol. The van der Waals surface area contributed by atoms with Gasteiger partial charge in [0.2, 0.25) is 5.91 Å². The topological polar surface area (TPSA) is 126 Å². The van der Waals surface area contributed by atoms with E-state index in [0.29, 0.717) is 32.5 Å². The average molecular weight is 647 g/mol. The fourth-order valence-corrected chi connectivity index (χ4v) is 5.83. The highest BCUT2D eigenvalue weighted by Gasteiger charge is 2.33. The van der Waals surface area contributed by atoms with Crippen molar-refractivity contribution in [2.75, 3.05) is 19.6 Å². The number of nitrogens with zero attached hydrogens (tertiary/aromatic N) is 2. The van der Waals surface area contributed by atoms with Crippen molar-refractivity contribution in [1.82, 2.24) is 15.2 Å². The monoisotopic (exact) mass is 646 g/mol. The van der Waals surface area contributed by atoms with Crippen LogP contribution in [-0.2, 0) is 22.3 Å². The first-order chi connectivity index (χ1) is 20.8. The Kier molecular flexibility index (Phi) is 9.07. The van der Waals surface area contributed by atoms with Gasteiger partial charge < -0.3 is 15.4 Å². The molecule has 1 saturated heterocycles. The van der Waals surface area contributed by atoms with Crippen LogP contribution < -0.4 is 10.9 Å². The van der Waals surface area contributed by atoms with E-state index in [-0.39, 0.29) is 73.8 Å². The standard InChI is InChI=1S/C31H27Cl2F3N4O4/c32-20-9-18(14-38-29(43)17-5-7-40(8-6-17)15-27(41)16-1-2-16)28(42)23(11-20)26-12-21(24(13-37)30(44)39-26)22-10-19(31(34,35)36)3-4-25(22)33/h3-4,9-12,16-17,42H,1-2,5-8,14-15H2,(H,38,43)(H,39,44). The van der Waals surface area contributed by atoms with E-state index < -0.39 is 22.9 Å². The summed E-state index contributed by atoms with van der Waals surface area (Å²) >= 11 is 12.5. The second-order valence-electron chi connectivity index (χ2n) is 11.1. The summed E-state index contributed by atoms with van der Waals surface area (Å²) in [5.74, 6) is -0.359. The van der Waals surface area contributed by atoms with Crippen LogP contribution in [0.25, 0.3) is 22.4 Å². The zero-order chi connectivity index (χ0) is 31.8. The van der Waals surface area contributed by atoms with E-state index in [1.807, 2.05) is 0 Å². The number of carbonyl (C=O) groups is 2. The third-order valence-corrected chi connectivity index (χ3v) is 8.54. The summed E-state index contributed by atoms with van der Waals surface area (Å²) in [4.78, 5) is 42.5. The molecular formula is C31H27Cl2F3N4O4. The van der Waals surface area contributed by atoms with Crippen molar-refractivity contribution < 1.29 is 27.9 Å². The number of aromatic amines is 1. The number of likely N-dealkylation sites (tertiary alicyclic amines) is 1. The van der Waals surface area contributed by atoms with Crippen LogP contribution in [0.5, 0.6) is 5.75 Å². The van der Waals surface area contributed by atoms with Crippen molar-refractivity contribution in [3.8, 4) is 34.2 Å². The number of aromatic hydroxyl groups is 1. The summed E-state index contributed by atoms with van der Waals surface area (Å²) in [6.07, 6.45) is -1.61. The molecule has 13 heteroatoms. The van der Waals surface area contributed by atoms with E-state index in [9.17, 15) is 37.9 Å². The van der Waals surface area contributed by atoms with E-state index in [2.05, 4.69) is 15.2 Å². The Labute approximate surface area is 260 Å². The minimum atomic E-state index is -4.70. The summed E-state index contributed by atoms with van der Waals surface area (Å²) in [6.45, 7) is 1.59. The number of hydrogen-bond acceptors (Lipinski definition) is 6. The summed E-state index contributed by atoms with van der Waals surface area (Å²) in [5, 5.41) is 23.6. The normalized spacial score (nSPS) is 16.0. The molecule has 1 saturated carbocycles. The summed E-state index contributed by atoms with van der Waals surface area (Å²) < 4.78 is 40.3. The SMILES string of the molecule is N#Cc1c(-c2cc(C(F)(F)F)ccc2Cl)cc(-c2cc(Cl)cc(CNC(=O)C3CCN(CC(=O)C4CC4)CC3)c2O)[nH]c1=O.